The Bertz CT molecular complexity index is 176. The van der Waals surface area contributed by atoms with Crippen molar-refractivity contribution in [3.63, 3.8) is 0 Å². The molecule has 2 rings (SSSR count). The first-order valence-electron chi connectivity index (χ1n) is 9.08. The highest BCUT2D eigenvalue weighted by Gasteiger charge is 2.14. The lowest BCUT2D eigenvalue weighted by Gasteiger charge is -2.22. The van der Waals surface area contributed by atoms with Gasteiger partial charge < -0.3 is 0 Å². The van der Waals surface area contributed by atoms with E-state index in [4.69, 9.17) is 5.32 Å². The van der Waals surface area contributed by atoms with Crippen molar-refractivity contribution in [3.8, 4) is 0 Å². The van der Waals surface area contributed by atoms with Crippen LogP contribution in [0, 0.1) is 11.8 Å². The third-order valence-electron chi connectivity index (χ3n) is 5.22. The van der Waals surface area contributed by atoms with Crippen LogP contribution in [0.15, 0.2) is 0 Å². The van der Waals surface area contributed by atoms with Crippen molar-refractivity contribution in [2.45, 2.75) is 89.9 Å². The minimum Gasteiger partial charge on any atom is -0.241 e. The van der Waals surface area contributed by atoms with Crippen molar-refractivity contribution in [3.05, 3.63) is 0 Å². The minimum absolute atomic E-state index is 0.925. The summed E-state index contributed by atoms with van der Waals surface area (Å²) in [7, 11) is 0. The van der Waals surface area contributed by atoms with Gasteiger partial charge in [-0.2, -0.15) is 0 Å². The van der Waals surface area contributed by atoms with Crippen LogP contribution >= 0.6 is 0 Å². The highest BCUT2D eigenvalue weighted by molar-refractivity contribution is 4.70. The zero-order valence-electron chi connectivity index (χ0n) is 12.9. The summed E-state index contributed by atoms with van der Waals surface area (Å²) in [6.45, 7) is 2.35. The Morgan fingerprint density at radius 1 is 0.474 bits per heavy atom. The van der Waals surface area contributed by atoms with Crippen LogP contribution in [-0.4, -0.2) is 13.1 Å². The molecule has 2 fully saturated rings. The molecule has 0 aliphatic heterocycles. The molecule has 0 bridgehead atoms. The summed E-state index contributed by atoms with van der Waals surface area (Å²) in [6, 6.07) is 0. The maximum absolute atomic E-state index is 4.96. The Morgan fingerprint density at radius 2 is 0.789 bits per heavy atom. The van der Waals surface area contributed by atoms with Gasteiger partial charge in [0, 0.05) is 13.1 Å². The van der Waals surface area contributed by atoms with Gasteiger partial charge >= 0.3 is 0 Å². The van der Waals surface area contributed by atoms with E-state index in [-0.39, 0.29) is 0 Å². The van der Waals surface area contributed by atoms with Crippen LogP contribution in [-0.2, 0) is 0 Å². The van der Waals surface area contributed by atoms with Crippen LogP contribution in [0.2, 0.25) is 0 Å². The van der Waals surface area contributed by atoms with E-state index in [9.17, 15) is 0 Å². The van der Waals surface area contributed by atoms with Gasteiger partial charge in [-0.15, -0.1) is 0 Å². The van der Waals surface area contributed by atoms with Crippen LogP contribution < -0.4 is 5.32 Å². The molecule has 111 valence electrons. The molecule has 0 amide bonds. The van der Waals surface area contributed by atoms with E-state index in [1.807, 2.05) is 0 Å². The Hall–Kier alpha value is -0.0400. The molecule has 0 spiro atoms. The van der Waals surface area contributed by atoms with E-state index in [1.165, 1.54) is 103 Å². The van der Waals surface area contributed by atoms with Gasteiger partial charge in [-0.1, -0.05) is 64.2 Å². The zero-order chi connectivity index (χ0) is 13.2. The lowest BCUT2D eigenvalue weighted by atomic mass is 9.89. The molecule has 0 unspecified atom stereocenters. The molecule has 0 saturated heterocycles. The fraction of sp³-hybridized carbons (Fsp3) is 1.00. The predicted octanol–water partition coefficient (Wildman–Crippen LogP) is 5.31. The first kappa shape index (κ1) is 15.4. The predicted molar refractivity (Wildman–Crippen MR) is 83.5 cm³/mol. The van der Waals surface area contributed by atoms with E-state index >= 15 is 0 Å². The zero-order valence-corrected chi connectivity index (χ0v) is 12.9. The summed E-state index contributed by atoms with van der Waals surface area (Å²) in [5, 5.41) is 4.96. The maximum atomic E-state index is 4.96. The summed E-state index contributed by atoms with van der Waals surface area (Å²) < 4.78 is 0. The molecule has 2 saturated carbocycles. The van der Waals surface area contributed by atoms with Crippen molar-refractivity contribution >= 4 is 0 Å². The second-order valence-corrected chi connectivity index (χ2v) is 7.01. The van der Waals surface area contributed by atoms with Gasteiger partial charge in [0.1, 0.15) is 0 Å². The van der Waals surface area contributed by atoms with Crippen molar-refractivity contribution < 1.29 is 0 Å². The third kappa shape index (κ3) is 6.79. The lowest BCUT2D eigenvalue weighted by molar-refractivity contribution is 0.320. The quantitative estimate of drug-likeness (QED) is 0.653. The van der Waals surface area contributed by atoms with E-state index in [0.29, 0.717) is 0 Å². The van der Waals surface area contributed by atoms with E-state index in [1.54, 1.807) is 0 Å². The minimum atomic E-state index is 0.925. The summed E-state index contributed by atoms with van der Waals surface area (Å²) >= 11 is 0. The molecule has 1 radical (unpaired) electrons. The second kappa shape index (κ2) is 9.80. The fourth-order valence-electron chi connectivity index (χ4n) is 3.89. The Kier molecular flexibility index (Phi) is 7.92. The van der Waals surface area contributed by atoms with Gasteiger partial charge in [0.15, 0.2) is 0 Å². The summed E-state index contributed by atoms with van der Waals surface area (Å²) in [5.74, 6) is 1.85. The van der Waals surface area contributed by atoms with E-state index in [0.717, 1.165) is 11.8 Å². The Labute approximate surface area is 120 Å². The third-order valence-corrected chi connectivity index (χ3v) is 5.22. The Balaban J connectivity index is 1.58. The fourth-order valence-corrected chi connectivity index (χ4v) is 3.89. The van der Waals surface area contributed by atoms with Crippen molar-refractivity contribution in [1.82, 2.24) is 5.32 Å². The van der Waals surface area contributed by atoms with Crippen molar-refractivity contribution in [2.75, 3.05) is 13.1 Å². The summed E-state index contributed by atoms with van der Waals surface area (Å²) in [4.78, 5) is 0. The van der Waals surface area contributed by atoms with Crippen molar-refractivity contribution in [1.29, 1.82) is 0 Å². The molecule has 0 N–H and O–H groups in total. The standard InChI is InChI=1S/C18H34N/c1-3-7-11-17(12-8-4-1)15-19-16-18-13-9-5-2-6-10-14-18/h17-18H,1-16H2. The van der Waals surface area contributed by atoms with Gasteiger partial charge in [0.2, 0.25) is 0 Å². The molecule has 19 heavy (non-hydrogen) atoms. The van der Waals surface area contributed by atoms with Gasteiger partial charge in [-0.05, 0) is 37.5 Å². The molecule has 0 heterocycles. The molecule has 2 aliphatic rings. The molecule has 1 nitrogen and oxygen atoms in total. The number of hydrogen-bond donors (Lipinski definition) is 0. The topological polar surface area (TPSA) is 14.1 Å². The van der Waals surface area contributed by atoms with Crippen LogP contribution in [0.4, 0.5) is 0 Å². The Morgan fingerprint density at radius 3 is 1.16 bits per heavy atom. The van der Waals surface area contributed by atoms with Gasteiger partial charge in [-0.25, -0.2) is 5.32 Å². The highest BCUT2D eigenvalue weighted by Crippen LogP contribution is 2.24. The average molecular weight is 264 g/mol. The van der Waals surface area contributed by atoms with Crippen LogP contribution in [0.1, 0.15) is 89.9 Å². The molecule has 0 aromatic heterocycles. The normalized spacial score (nSPS) is 25.3. The lowest BCUT2D eigenvalue weighted by Crippen LogP contribution is -2.23. The summed E-state index contributed by atoms with van der Waals surface area (Å²) in [5.41, 5.74) is 0. The number of hydrogen-bond acceptors (Lipinski definition) is 0. The average Bonchev–Trinajstić information content (AvgIpc) is 2.33. The largest absolute Gasteiger partial charge is 0.241 e. The van der Waals surface area contributed by atoms with Crippen LogP contribution in [0.25, 0.3) is 0 Å². The molecule has 0 aromatic carbocycles. The molecule has 2 aliphatic carbocycles. The van der Waals surface area contributed by atoms with Gasteiger partial charge in [0.25, 0.3) is 0 Å². The molecular weight excluding hydrogens is 230 g/mol. The van der Waals surface area contributed by atoms with Crippen LogP contribution in [0.3, 0.4) is 0 Å². The van der Waals surface area contributed by atoms with Crippen molar-refractivity contribution in [2.24, 2.45) is 11.8 Å². The van der Waals surface area contributed by atoms with Crippen LogP contribution in [0.5, 0.6) is 0 Å². The SMILES string of the molecule is C1CCCC(C[N]CC2CCCCCCC2)CCC1. The van der Waals surface area contributed by atoms with E-state index < -0.39 is 0 Å². The summed E-state index contributed by atoms with van der Waals surface area (Å²) in [6.07, 6.45) is 20.5. The number of rotatable bonds is 4. The molecule has 0 aromatic rings. The molecule has 1 heteroatoms. The smallest absolute Gasteiger partial charge is 0.0161 e. The van der Waals surface area contributed by atoms with Gasteiger partial charge in [0.05, 0.1) is 0 Å². The maximum Gasteiger partial charge on any atom is 0.0161 e. The van der Waals surface area contributed by atoms with Gasteiger partial charge in [-0.3, -0.25) is 0 Å². The first-order valence-corrected chi connectivity index (χ1v) is 9.08. The van der Waals surface area contributed by atoms with E-state index in [2.05, 4.69) is 0 Å². The first-order chi connectivity index (χ1) is 9.45. The highest BCUT2D eigenvalue weighted by atomic mass is 14.9. The second-order valence-electron chi connectivity index (χ2n) is 7.01. The monoisotopic (exact) mass is 264 g/mol. The number of nitrogens with zero attached hydrogens (tertiary/aromatic N) is 1. The molecular formula is C18H34N. The molecule has 0 atom stereocenters.